The standard InChI is InChI=1S/C26H21ClFNO5/c1-31-24-16-17(15-21-26(30)34-25(29-21)18-8-10-19(28)11-9-18)7-12-23(24)33-14-4-13-32-22-6-3-2-5-20(22)27/h2-3,5-12,15-16H,4,13-14H2,1H3/b21-15+. The lowest BCUT2D eigenvalue weighted by molar-refractivity contribution is -0.129. The highest BCUT2D eigenvalue weighted by atomic mass is 35.5. The van der Waals surface area contributed by atoms with Crippen molar-refractivity contribution in [1.29, 1.82) is 0 Å². The van der Waals surface area contributed by atoms with Crippen molar-refractivity contribution in [3.63, 3.8) is 0 Å². The summed E-state index contributed by atoms with van der Waals surface area (Å²) < 4.78 is 35.2. The summed E-state index contributed by atoms with van der Waals surface area (Å²) in [4.78, 5) is 16.5. The fraction of sp³-hybridized carbons (Fsp3) is 0.154. The van der Waals surface area contributed by atoms with E-state index in [1.165, 1.54) is 31.4 Å². The number of hydrogen-bond donors (Lipinski definition) is 0. The number of para-hydroxylation sites is 1. The molecule has 1 heterocycles. The zero-order chi connectivity index (χ0) is 23.9. The first-order valence-corrected chi connectivity index (χ1v) is 10.9. The molecule has 3 aromatic rings. The minimum Gasteiger partial charge on any atom is -0.493 e. The predicted octanol–water partition coefficient (Wildman–Crippen LogP) is 5.68. The SMILES string of the molecule is COc1cc(/C=C2/N=C(c3ccc(F)cc3)OC2=O)ccc1OCCCOc1ccccc1Cl. The van der Waals surface area contributed by atoms with Crippen molar-refractivity contribution in [2.45, 2.75) is 6.42 Å². The maximum Gasteiger partial charge on any atom is 0.363 e. The Bertz CT molecular complexity index is 1240. The van der Waals surface area contributed by atoms with Gasteiger partial charge in [0, 0.05) is 12.0 Å². The molecular formula is C26H21ClFNO5. The van der Waals surface area contributed by atoms with Crippen molar-refractivity contribution in [2.24, 2.45) is 4.99 Å². The van der Waals surface area contributed by atoms with Gasteiger partial charge in [0.2, 0.25) is 5.90 Å². The number of hydrogen-bond acceptors (Lipinski definition) is 6. The van der Waals surface area contributed by atoms with Gasteiger partial charge >= 0.3 is 5.97 Å². The van der Waals surface area contributed by atoms with Gasteiger partial charge in [0.15, 0.2) is 17.2 Å². The number of methoxy groups -OCH3 is 1. The number of carbonyl (C=O) groups excluding carboxylic acids is 1. The van der Waals surface area contributed by atoms with Gasteiger partial charge in [-0.1, -0.05) is 29.8 Å². The van der Waals surface area contributed by atoms with E-state index in [4.69, 9.17) is 30.5 Å². The third kappa shape index (κ3) is 5.74. The van der Waals surface area contributed by atoms with E-state index in [2.05, 4.69) is 4.99 Å². The Morgan fingerprint density at radius 2 is 1.71 bits per heavy atom. The molecule has 0 fully saturated rings. The lowest BCUT2D eigenvalue weighted by Crippen LogP contribution is -2.06. The van der Waals surface area contributed by atoms with Crippen molar-refractivity contribution in [2.75, 3.05) is 20.3 Å². The fourth-order valence-electron chi connectivity index (χ4n) is 3.16. The lowest BCUT2D eigenvalue weighted by Gasteiger charge is -2.12. The van der Waals surface area contributed by atoms with Crippen molar-refractivity contribution >= 4 is 29.5 Å². The molecule has 0 radical (unpaired) electrons. The predicted molar refractivity (Wildman–Crippen MR) is 127 cm³/mol. The Hall–Kier alpha value is -3.84. The van der Waals surface area contributed by atoms with E-state index in [1.54, 1.807) is 30.3 Å². The van der Waals surface area contributed by atoms with Crippen LogP contribution in [0, 0.1) is 5.82 Å². The van der Waals surface area contributed by atoms with Crippen LogP contribution in [0.4, 0.5) is 4.39 Å². The average molecular weight is 482 g/mol. The third-order valence-corrected chi connectivity index (χ3v) is 5.16. The Kier molecular flexibility index (Phi) is 7.44. The molecule has 0 atom stereocenters. The van der Waals surface area contributed by atoms with Crippen molar-refractivity contribution in [3.05, 3.63) is 94.4 Å². The first-order valence-electron chi connectivity index (χ1n) is 10.5. The van der Waals surface area contributed by atoms with Crippen molar-refractivity contribution in [3.8, 4) is 17.2 Å². The maximum absolute atomic E-state index is 13.1. The van der Waals surface area contributed by atoms with Gasteiger partial charge in [-0.25, -0.2) is 14.2 Å². The molecule has 6 nitrogen and oxygen atoms in total. The third-order valence-electron chi connectivity index (χ3n) is 4.84. The quantitative estimate of drug-likeness (QED) is 0.223. The monoisotopic (exact) mass is 481 g/mol. The molecule has 0 N–H and O–H groups in total. The van der Waals surface area contributed by atoms with Gasteiger partial charge in [-0.2, -0.15) is 0 Å². The van der Waals surface area contributed by atoms with Crippen molar-refractivity contribution in [1.82, 2.24) is 0 Å². The van der Waals surface area contributed by atoms with E-state index < -0.39 is 5.97 Å². The van der Waals surface area contributed by atoms with Crippen LogP contribution in [0.1, 0.15) is 17.5 Å². The minimum atomic E-state index is -0.586. The average Bonchev–Trinajstić information content (AvgIpc) is 3.21. The topological polar surface area (TPSA) is 66.4 Å². The molecule has 0 saturated heterocycles. The molecule has 1 aliphatic heterocycles. The van der Waals surface area contributed by atoms with Gasteiger partial charge in [0.25, 0.3) is 0 Å². The summed E-state index contributed by atoms with van der Waals surface area (Å²) in [6.07, 6.45) is 2.23. The summed E-state index contributed by atoms with van der Waals surface area (Å²) in [6.45, 7) is 0.867. The molecule has 0 aromatic heterocycles. The van der Waals surface area contributed by atoms with E-state index >= 15 is 0 Å². The largest absolute Gasteiger partial charge is 0.493 e. The molecular weight excluding hydrogens is 461 g/mol. The van der Waals surface area contributed by atoms with Crippen molar-refractivity contribution < 1.29 is 28.1 Å². The van der Waals surface area contributed by atoms with Crippen LogP contribution in [0.2, 0.25) is 5.02 Å². The zero-order valence-electron chi connectivity index (χ0n) is 18.3. The summed E-state index contributed by atoms with van der Waals surface area (Å²) in [7, 11) is 1.54. The molecule has 34 heavy (non-hydrogen) atoms. The van der Waals surface area contributed by atoms with Crippen LogP contribution in [0.15, 0.2) is 77.4 Å². The number of rotatable bonds is 9. The number of aliphatic imine (C=N–C) groups is 1. The minimum absolute atomic E-state index is 0.127. The summed E-state index contributed by atoms with van der Waals surface area (Å²) in [5.74, 6) is 0.864. The number of halogens is 2. The van der Waals surface area contributed by atoms with Crippen LogP contribution in [-0.2, 0) is 9.53 Å². The number of benzene rings is 3. The second-order valence-corrected chi connectivity index (χ2v) is 7.64. The summed E-state index contributed by atoms with van der Waals surface area (Å²) >= 11 is 6.07. The Balaban J connectivity index is 1.37. The van der Waals surface area contributed by atoms with Gasteiger partial charge in [0.05, 0.1) is 25.3 Å². The summed E-state index contributed by atoms with van der Waals surface area (Å²) in [5.41, 5.74) is 1.33. The Labute approximate surface area is 201 Å². The second kappa shape index (κ2) is 10.9. The lowest BCUT2D eigenvalue weighted by atomic mass is 10.1. The highest BCUT2D eigenvalue weighted by Crippen LogP contribution is 2.30. The molecule has 0 aliphatic carbocycles. The van der Waals surface area contributed by atoms with Gasteiger partial charge in [-0.3, -0.25) is 0 Å². The first kappa shape index (κ1) is 23.3. The van der Waals surface area contributed by atoms with Crippen LogP contribution in [0.5, 0.6) is 17.2 Å². The van der Waals surface area contributed by atoms with Gasteiger partial charge < -0.3 is 18.9 Å². The number of nitrogens with zero attached hydrogens (tertiary/aromatic N) is 1. The zero-order valence-corrected chi connectivity index (χ0v) is 19.0. The van der Waals surface area contributed by atoms with Gasteiger partial charge in [-0.05, 0) is 60.2 Å². The smallest absolute Gasteiger partial charge is 0.363 e. The van der Waals surface area contributed by atoms with Crippen LogP contribution in [0.25, 0.3) is 6.08 Å². The van der Waals surface area contributed by atoms with Crippen LogP contribution in [0.3, 0.4) is 0 Å². The Morgan fingerprint density at radius 3 is 2.44 bits per heavy atom. The van der Waals surface area contributed by atoms with E-state index in [-0.39, 0.29) is 17.4 Å². The fourth-order valence-corrected chi connectivity index (χ4v) is 3.35. The van der Waals surface area contributed by atoms with E-state index in [9.17, 15) is 9.18 Å². The first-order chi connectivity index (χ1) is 16.5. The maximum atomic E-state index is 13.1. The van der Waals surface area contributed by atoms with Crippen LogP contribution in [-0.4, -0.2) is 32.2 Å². The molecule has 4 rings (SSSR count). The molecule has 0 saturated carbocycles. The van der Waals surface area contributed by atoms with E-state index in [1.807, 2.05) is 18.2 Å². The number of ether oxygens (including phenoxy) is 4. The normalized spacial score (nSPS) is 14.0. The molecule has 0 bridgehead atoms. The highest BCUT2D eigenvalue weighted by Gasteiger charge is 2.24. The second-order valence-electron chi connectivity index (χ2n) is 7.23. The molecule has 8 heteroatoms. The molecule has 0 spiro atoms. The van der Waals surface area contributed by atoms with Crippen LogP contribution < -0.4 is 14.2 Å². The number of cyclic esters (lactones) is 1. The highest BCUT2D eigenvalue weighted by molar-refractivity contribution is 6.32. The molecule has 0 unspecified atom stereocenters. The van der Waals surface area contributed by atoms with Crippen LogP contribution >= 0.6 is 11.6 Å². The molecule has 0 amide bonds. The van der Waals surface area contributed by atoms with E-state index in [0.29, 0.717) is 53.0 Å². The number of carbonyl (C=O) groups is 1. The number of esters is 1. The summed E-state index contributed by atoms with van der Waals surface area (Å²) in [6, 6.07) is 18.1. The molecule has 1 aliphatic rings. The molecule has 3 aromatic carbocycles. The van der Waals surface area contributed by atoms with Gasteiger partial charge in [0.1, 0.15) is 11.6 Å². The Morgan fingerprint density at radius 1 is 0.971 bits per heavy atom. The summed E-state index contributed by atoms with van der Waals surface area (Å²) in [5, 5.41) is 0.565. The molecule has 174 valence electrons. The van der Waals surface area contributed by atoms with Gasteiger partial charge in [-0.15, -0.1) is 0 Å². The van der Waals surface area contributed by atoms with E-state index in [0.717, 1.165) is 0 Å².